The molecular weight excluding hydrogens is 254 g/mol. The number of nitrogens with one attached hydrogen (secondary N) is 1. The minimum atomic E-state index is 0.618. The van der Waals surface area contributed by atoms with Gasteiger partial charge in [-0.2, -0.15) is 5.10 Å². The van der Waals surface area contributed by atoms with Crippen molar-refractivity contribution in [1.82, 2.24) is 9.78 Å². The van der Waals surface area contributed by atoms with Gasteiger partial charge in [-0.1, -0.05) is 12.1 Å². The van der Waals surface area contributed by atoms with Crippen LogP contribution in [0, 0.1) is 0 Å². The average Bonchev–Trinajstić information content (AvgIpc) is 3.10. The summed E-state index contributed by atoms with van der Waals surface area (Å²) >= 11 is 0. The van der Waals surface area contributed by atoms with E-state index in [0.29, 0.717) is 6.54 Å². The molecule has 20 heavy (non-hydrogen) atoms. The largest absolute Gasteiger partial charge is 0.493 e. The quantitative estimate of drug-likeness (QED) is 0.773. The predicted octanol–water partition coefficient (Wildman–Crippen LogP) is 3.27. The monoisotopic (exact) mass is 271 g/mol. The molecule has 0 saturated heterocycles. The van der Waals surface area contributed by atoms with Crippen molar-refractivity contribution in [3.8, 4) is 5.75 Å². The van der Waals surface area contributed by atoms with Crippen molar-refractivity contribution in [3.63, 3.8) is 0 Å². The average molecular weight is 271 g/mol. The molecule has 2 heterocycles. The number of rotatable bonds is 5. The molecule has 5 nitrogen and oxygen atoms in total. The number of anilines is 1. The normalized spacial score (nSPS) is 10.9. The van der Waals surface area contributed by atoms with Crippen molar-refractivity contribution in [2.45, 2.75) is 20.0 Å². The highest BCUT2D eigenvalue weighted by molar-refractivity contribution is 5.83. The Morgan fingerprint density at radius 1 is 1.40 bits per heavy atom. The first-order valence-electron chi connectivity index (χ1n) is 6.62. The molecule has 0 bridgehead atoms. The van der Waals surface area contributed by atoms with Gasteiger partial charge in [0, 0.05) is 18.1 Å². The van der Waals surface area contributed by atoms with Gasteiger partial charge in [0.25, 0.3) is 0 Å². The number of methoxy groups -OCH3 is 1. The standard InChI is InChI=1S/C15H17N3O2/c1-3-18-10-12(8-17-18)16-9-13-7-11-5-4-6-14(19-2)15(11)20-13/h4-8,10,16H,3,9H2,1-2H3. The molecule has 3 aromatic rings. The lowest BCUT2D eigenvalue weighted by Crippen LogP contribution is -1.97. The zero-order chi connectivity index (χ0) is 13.9. The Kier molecular flexibility index (Phi) is 3.33. The molecule has 3 rings (SSSR count). The third-order valence-electron chi connectivity index (χ3n) is 3.20. The van der Waals surface area contributed by atoms with Gasteiger partial charge in [-0.3, -0.25) is 4.68 Å². The van der Waals surface area contributed by atoms with Gasteiger partial charge in [0.15, 0.2) is 11.3 Å². The van der Waals surface area contributed by atoms with E-state index in [4.69, 9.17) is 9.15 Å². The van der Waals surface area contributed by atoms with E-state index in [1.165, 1.54) is 0 Å². The van der Waals surface area contributed by atoms with Crippen molar-refractivity contribution in [1.29, 1.82) is 0 Å². The van der Waals surface area contributed by atoms with Crippen LogP contribution in [0.2, 0.25) is 0 Å². The second kappa shape index (κ2) is 5.28. The van der Waals surface area contributed by atoms with Crippen LogP contribution in [-0.4, -0.2) is 16.9 Å². The van der Waals surface area contributed by atoms with Crippen LogP contribution >= 0.6 is 0 Å². The number of hydrogen-bond donors (Lipinski definition) is 1. The van der Waals surface area contributed by atoms with Crippen molar-refractivity contribution >= 4 is 16.7 Å². The number of aromatic nitrogens is 2. The van der Waals surface area contributed by atoms with Crippen LogP contribution in [-0.2, 0) is 13.1 Å². The molecule has 0 saturated carbocycles. The van der Waals surface area contributed by atoms with Crippen LogP contribution in [0.4, 0.5) is 5.69 Å². The highest BCUT2D eigenvalue weighted by Crippen LogP contribution is 2.28. The van der Waals surface area contributed by atoms with Gasteiger partial charge in [0.2, 0.25) is 0 Å². The summed E-state index contributed by atoms with van der Waals surface area (Å²) in [4.78, 5) is 0. The zero-order valence-electron chi connectivity index (χ0n) is 11.6. The Bertz CT molecular complexity index is 715. The molecule has 5 heteroatoms. The van der Waals surface area contributed by atoms with Gasteiger partial charge in [-0.25, -0.2) is 0 Å². The Labute approximate surface area is 117 Å². The van der Waals surface area contributed by atoms with Gasteiger partial charge in [-0.15, -0.1) is 0 Å². The van der Waals surface area contributed by atoms with E-state index in [-0.39, 0.29) is 0 Å². The van der Waals surface area contributed by atoms with Gasteiger partial charge in [0.1, 0.15) is 5.76 Å². The summed E-state index contributed by atoms with van der Waals surface area (Å²) in [6, 6.07) is 7.89. The molecule has 1 N–H and O–H groups in total. The molecule has 1 aromatic carbocycles. The maximum Gasteiger partial charge on any atom is 0.176 e. The number of ether oxygens (including phenoxy) is 1. The third kappa shape index (κ3) is 2.34. The minimum Gasteiger partial charge on any atom is -0.493 e. The fourth-order valence-corrected chi connectivity index (χ4v) is 2.15. The summed E-state index contributed by atoms with van der Waals surface area (Å²) in [6.07, 6.45) is 3.79. The van der Waals surface area contributed by atoms with Crippen LogP contribution in [0.5, 0.6) is 5.75 Å². The molecular formula is C15H17N3O2. The maximum absolute atomic E-state index is 5.83. The van der Waals surface area contributed by atoms with E-state index < -0.39 is 0 Å². The Hall–Kier alpha value is -2.43. The predicted molar refractivity (Wildman–Crippen MR) is 78.0 cm³/mol. The summed E-state index contributed by atoms with van der Waals surface area (Å²) < 4.78 is 13.0. The fourth-order valence-electron chi connectivity index (χ4n) is 2.15. The van der Waals surface area contributed by atoms with E-state index in [9.17, 15) is 0 Å². The highest BCUT2D eigenvalue weighted by atomic mass is 16.5. The number of para-hydroxylation sites is 1. The van der Waals surface area contributed by atoms with Crippen LogP contribution in [0.25, 0.3) is 11.0 Å². The van der Waals surface area contributed by atoms with Crippen molar-refractivity contribution in [2.75, 3.05) is 12.4 Å². The van der Waals surface area contributed by atoms with E-state index in [1.54, 1.807) is 7.11 Å². The van der Waals surface area contributed by atoms with Crippen LogP contribution in [0.3, 0.4) is 0 Å². The first-order valence-corrected chi connectivity index (χ1v) is 6.62. The number of aryl methyl sites for hydroxylation is 1. The Morgan fingerprint density at radius 3 is 3.05 bits per heavy atom. The number of furan rings is 1. The summed E-state index contributed by atoms with van der Waals surface area (Å²) in [5.41, 5.74) is 1.77. The highest BCUT2D eigenvalue weighted by Gasteiger charge is 2.08. The molecule has 0 aliphatic rings. The van der Waals surface area contributed by atoms with Gasteiger partial charge in [0.05, 0.1) is 25.5 Å². The lowest BCUT2D eigenvalue weighted by atomic mass is 10.2. The summed E-state index contributed by atoms with van der Waals surface area (Å²) in [7, 11) is 1.65. The number of fused-ring (bicyclic) bond motifs is 1. The summed E-state index contributed by atoms with van der Waals surface area (Å²) in [5, 5.41) is 8.56. The molecule has 2 aromatic heterocycles. The lowest BCUT2D eigenvalue weighted by Gasteiger charge is -2.00. The summed E-state index contributed by atoms with van der Waals surface area (Å²) in [6.45, 7) is 3.54. The first kappa shape index (κ1) is 12.6. The number of hydrogen-bond acceptors (Lipinski definition) is 4. The van der Waals surface area contributed by atoms with E-state index in [1.807, 2.05) is 41.3 Å². The Balaban J connectivity index is 1.77. The molecule has 104 valence electrons. The molecule has 0 aliphatic carbocycles. The van der Waals surface area contributed by atoms with Gasteiger partial charge >= 0.3 is 0 Å². The second-order valence-electron chi connectivity index (χ2n) is 4.53. The first-order chi connectivity index (χ1) is 9.80. The van der Waals surface area contributed by atoms with Crippen LogP contribution < -0.4 is 10.1 Å². The van der Waals surface area contributed by atoms with Crippen LogP contribution in [0.15, 0.2) is 41.1 Å². The summed E-state index contributed by atoms with van der Waals surface area (Å²) in [5.74, 6) is 1.63. The van der Waals surface area contributed by atoms with Crippen molar-refractivity contribution in [3.05, 3.63) is 42.4 Å². The molecule has 0 unspecified atom stereocenters. The van der Waals surface area contributed by atoms with Gasteiger partial charge in [-0.05, 0) is 19.1 Å². The number of benzene rings is 1. The van der Waals surface area contributed by atoms with Crippen molar-refractivity contribution < 1.29 is 9.15 Å². The van der Waals surface area contributed by atoms with E-state index >= 15 is 0 Å². The molecule has 0 radical (unpaired) electrons. The molecule has 0 amide bonds. The van der Waals surface area contributed by atoms with E-state index in [0.717, 1.165) is 34.7 Å². The zero-order valence-corrected chi connectivity index (χ0v) is 11.6. The topological polar surface area (TPSA) is 52.2 Å². The third-order valence-corrected chi connectivity index (χ3v) is 3.20. The Morgan fingerprint density at radius 2 is 2.30 bits per heavy atom. The minimum absolute atomic E-state index is 0.618. The fraction of sp³-hybridized carbons (Fsp3) is 0.267. The van der Waals surface area contributed by atoms with Gasteiger partial charge < -0.3 is 14.5 Å². The SMILES string of the molecule is CCn1cc(NCc2cc3cccc(OC)c3o2)cn1. The van der Waals surface area contributed by atoms with Crippen LogP contribution in [0.1, 0.15) is 12.7 Å². The molecule has 0 fully saturated rings. The smallest absolute Gasteiger partial charge is 0.176 e. The van der Waals surface area contributed by atoms with E-state index in [2.05, 4.69) is 17.3 Å². The second-order valence-corrected chi connectivity index (χ2v) is 4.53. The lowest BCUT2D eigenvalue weighted by molar-refractivity contribution is 0.408. The van der Waals surface area contributed by atoms with Crippen molar-refractivity contribution in [2.24, 2.45) is 0 Å². The number of nitrogens with zero attached hydrogens (tertiary/aromatic N) is 2. The molecule has 0 aliphatic heterocycles. The maximum atomic E-state index is 5.83. The molecule has 0 atom stereocenters. The molecule has 0 spiro atoms.